The number of hydrogen-bond donors (Lipinski definition) is 0. The molecule has 1 aromatic heterocycles. The predicted molar refractivity (Wildman–Crippen MR) is 94.8 cm³/mol. The molecule has 0 aliphatic rings. The maximum absolute atomic E-state index is 2.46. The quantitative estimate of drug-likeness (QED) is 0.567. The van der Waals surface area contributed by atoms with Gasteiger partial charge in [-0.25, -0.2) is 0 Å². The molecule has 0 atom stereocenters. The lowest BCUT2D eigenvalue weighted by Gasteiger charge is -2.01. The van der Waals surface area contributed by atoms with Crippen LogP contribution in [0.5, 0.6) is 0 Å². The third kappa shape index (κ3) is 2.52. The van der Waals surface area contributed by atoms with Crippen LogP contribution >= 0.6 is 22.6 Å². The van der Waals surface area contributed by atoms with Crippen molar-refractivity contribution < 1.29 is 0 Å². The fourth-order valence-corrected chi connectivity index (χ4v) is 3.54. The molecule has 1 heterocycles. The number of nitrogens with zero attached hydrogens (tertiary/aromatic N) is 1. The molecule has 20 heavy (non-hydrogen) atoms. The first-order valence-electron chi connectivity index (χ1n) is 6.71. The summed E-state index contributed by atoms with van der Waals surface area (Å²) in [5.41, 5.74) is 3.93. The Morgan fingerprint density at radius 2 is 1.70 bits per heavy atom. The van der Waals surface area contributed by atoms with E-state index in [4.69, 9.17) is 0 Å². The SMILES string of the molecule is Cn1c(C/C=C/c2ccccc2)c(I)c2ccccc21. The summed E-state index contributed by atoms with van der Waals surface area (Å²) in [6.07, 6.45) is 5.39. The largest absolute Gasteiger partial charge is 0.346 e. The van der Waals surface area contributed by atoms with Gasteiger partial charge >= 0.3 is 0 Å². The van der Waals surface area contributed by atoms with Gasteiger partial charge in [-0.2, -0.15) is 0 Å². The molecule has 2 heteroatoms. The Labute approximate surface area is 133 Å². The van der Waals surface area contributed by atoms with Crippen molar-refractivity contribution in [3.63, 3.8) is 0 Å². The number of benzene rings is 2. The Bertz CT molecular complexity index is 715. The van der Waals surface area contributed by atoms with Crippen LogP contribution in [-0.4, -0.2) is 4.57 Å². The monoisotopic (exact) mass is 373 g/mol. The summed E-state index contributed by atoms with van der Waals surface area (Å²) in [6, 6.07) is 19.0. The van der Waals surface area contributed by atoms with Gasteiger partial charge in [-0.15, -0.1) is 0 Å². The highest BCUT2D eigenvalue weighted by atomic mass is 127. The summed E-state index contributed by atoms with van der Waals surface area (Å²) in [5.74, 6) is 0. The first-order chi connectivity index (χ1) is 9.77. The van der Waals surface area contributed by atoms with Gasteiger partial charge in [0.15, 0.2) is 0 Å². The molecule has 0 bridgehead atoms. The highest BCUT2D eigenvalue weighted by molar-refractivity contribution is 14.1. The predicted octanol–water partition coefficient (Wildman–Crippen LogP) is 5.04. The van der Waals surface area contributed by atoms with E-state index in [1.165, 1.54) is 25.7 Å². The molecule has 2 aromatic carbocycles. The molecule has 3 rings (SSSR count). The zero-order chi connectivity index (χ0) is 13.9. The Morgan fingerprint density at radius 1 is 1.00 bits per heavy atom. The van der Waals surface area contributed by atoms with E-state index in [9.17, 15) is 0 Å². The van der Waals surface area contributed by atoms with Gasteiger partial charge in [-0.05, 0) is 34.2 Å². The molecule has 0 aliphatic carbocycles. The highest BCUT2D eigenvalue weighted by Gasteiger charge is 2.10. The summed E-state index contributed by atoms with van der Waals surface area (Å²) < 4.78 is 3.66. The maximum Gasteiger partial charge on any atom is 0.0491 e. The van der Waals surface area contributed by atoms with Crippen molar-refractivity contribution >= 4 is 39.6 Å². The zero-order valence-corrected chi connectivity index (χ0v) is 13.5. The van der Waals surface area contributed by atoms with Crippen LogP contribution in [0.25, 0.3) is 17.0 Å². The van der Waals surface area contributed by atoms with Gasteiger partial charge in [0.1, 0.15) is 0 Å². The number of allylic oxidation sites excluding steroid dienone is 1. The molecule has 100 valence electrons. The van der Waals surface area contributed by atoms with Gasteiger partial charge in [0.05, 0.1) is 0 Å². The molecule has 0 fully saturated rings. The topological polar surface area (TPSA) is 4.93 Å². The maximum atomic E-state index is 2.46. The second-order valence-electron chi connectivity index (χ2n) is 4.85. The lowest BCUT2D eigenvalue weighted by Crippen LogP contribution is -1.95. The molecule has 1 nitrogen and oxygen atoms in total. The van der Waals surface area contributed by atoms with Crippen molar-refractivity contribution in [1.29, 1.82) is 0 Å². The van der Waals surface area contributed by atoms with Gasteiger partial charge in [0, 0.05) is 33.6 Å². The Hall–Kier alpha value is -1.55. The average molecular weight is 373 g/mol. The summed E-state index contributed by atoms with van der Waals surface area (Å²) in [6.45, 7) is 0. The van der Waals surface area contributed by atoms with Crippen LogP contribution < -0.4 is 0 Å². The molecule has 0 radical (unpaired) electrons. The van der Waals surface area contributed by atoms with Gasteiger partial charge in [-0.3, -0.25) is 0 Å². The van der Waals surface area contributed by atoms with E-state index in [2.05, 4.69) is 94.9 Å². The van der Waals surface area contributed by atoms with E-state index >= 15 is 0 Å². The summed E-state index contributed by atoms with van der Waals surface area (Å²) in [5, 5.41) is 1.35. The second kappa shape index (κ2) is 5.83. The number of rotatable bonds is 3. The molecule has 0 spiro atoms. The van der Waals surface area contributed by atoms with Crippen LogP contribution in [0.4, 0.5) is 0 Å². The van der Waals surface area contributed by atoms with Crippen molar-refractivity contribution in [2.24, 2.45) is 7.05 Å². The minimum atomic E-state index is 0.957. The van der Waals surface area contributed by atoms with Crippen LogP contribution in [0, 0.1) is 3.57 Å². The Balaban J connectivity index is 1.90. The van der Waals surface area contributed by atoms with Gasteiger partial charge in [0.25, 0.3) is 0 Å². The molecule has 0 saturated heterocycles. The van der Waals surface area contributed by atoms with Crippen LogP contribution in [-0.2, 0) is 13.5 Å². The Kier molecular flexibility index (Phi) is 3.92. The van der Waals surface area contributed by atoms with E-state index < -0.39 is 0 Å². The van der Waals surface area contributed by atoms with Crippen LogP contribution in [0.1, 0.15) is 11.3 Å². The van der Waals surface area contributed by atoms with Crippen molar-refractivity contribution in [3.8, 4) is 0 Å². The molecule has 0 aliphatic heterocycles. The first-order valence-corrected chi connectivity index (χ1v) is 7.78. The van der Waals surface area contributed by atoms with Crippen molar-refractivity contribution in [2.75, 3.05) is 0 Å². The zero-order valence-electron chi connectivity index (χ0n) is 11.4. The fraction of sp³-hybridized carbons (Fsp3) is 0.111. The normalized spacial score (nSPS) is 11.5. The first kappa shape index (κ1) is 13.4. The highest BCUT2D eigenvalue weighted by Crippen LogP contribution is 2.27. The van der Waals surface area contributed by atoms with Crippen molar-refractivity contribution in [3.05, 3.63) is 75.5 Å². The molecule has 0 N–H and O–H groups in total. The van der Waals surface area contributed by atoms with E-state index in [0.717, 1.165) is 6.42 Å². The third-order valence-corrected chi connectivity index (χ3v) is 4.78. The molecule has 0 unspecified atom stereocenters. The summed E-state index contributed by atoms with van der Waals surface area (Å²) >= 11 is 2.46. The van der Waals surface area contributed by atoms with Gasteiger partial charge < -0.3 is 4.57 Å². The van der Waals surface area contributed by atoms with E-state index in [1.807, 2.05) is 6.07 Å². The molecule has 3 aromatic rings. The number of hydrogen-bond acceptors (Lipinski definition) is 0. The van der Waals surface area contributed by atoms with E-state index in [-0.39, 0.29) is 0 Å². The standard InChI is InChI=1S/C18H16IN/c1-20-16-12-6-5-11-15(16)18(19)17(20)13-7-10-14-8-3-2-4-9-14/h2-12H,13H2,1H3/b10-7+. The third-order valence-electron chi connectivity index (χ3n) is 3.58. The number of fused-ring (bicyclic) bond motifs is 1. The van der Waals surface area contributed by atoms with Crippen LogP contribution in [0.15, 0.2) is 60.7 Å². The number of aromatic nitrogens is 1. The number of para-hydroxylation sites is 1. The molecular weight excluding hydrogens is 357 g/mol. The van der Waals surface area contributed by atoms with Crippen LogP contribution in [0.2, 0.25) is 0 Å². The minimum absolute atomic E-state index is 0.957. The molecule has 0 amide bonds. The van der Waals surface area contributed by atoms with E-state index in [0.29, 0.717) is 0 Å². The summed E-state index contributed by atoms with van der Waals surface area (Å²) in [7, 11) is 2.15. The fourth-order valence-electron chi connectivity index (χ4n) is 2.50. The number of aryl methyl sites for hydroxylation is 1. The number of halogens is 1. The van der Waals surface area contributed by atoms with Gasteiger partial charge in [-0.1, -0.05) is 60.7 Å². The Morgan fingerprint density at radius 3 is 2.45 bits per heavy atom. The lowest BCUT2D eigenvalue weighted by molar-refractivity contribution is 0.885. The second-order valence-corrected chi connectivity index (χ2v) is 5.93. The van der Waals surface area contributed by atoms with Crippen LogP contribution in [0.3, 0.4) is 0 Å². The van der Waals surface area contributed by atoms with Crippen molar-refractivity contribution in [2.45, 2.75) is 6.42 Å². The molecule has 0 saturated carbocycles. The summed E-state index contributed by atoms with van der Waals surface area (Å²) in [4.78, 5) is 0. The average Bonchev–Trinajstić information content (AvgIpc) is 2.74. The van der Waals surface area contributed by atoms with E-state index in [1.54, 1.807) is 0 Å². The lowest BCUT2D eigenvalue weighted by atomic mass is 10.2. The minimum Gasteiger partial charge on any atom is -0.346 e. The molecular formula is C18H16IN. The van der Waals surface area contributed by atoms with Gasteiger partial charge in [0.2, 0.25) is 0 Å². The smallest absolute Gasteiger partial charge is 0.0491 e. The van der Waals surface area contributed by atoms with Crippen molar-refractivity contribution in [1.82, 2.24) is 4.57 Å².